The zero-order valence-electron chi connectivity index (χ0n) is 11.6. The molecule has 0 radical (unpaired) electrons. The summed E-state index contributed by atoms with van der Waals surface area (Å²) < 4.78 is 9.71. The van der Waals surface area contributed by atoms with E-state index in [1.807, 2.05) is 0 Å². The van der Waals surface area contributed by atoms with Gasteiger partial charge in [-0.15, -0.1) is 0 Å². The Labute approximate surface area is 120 Å². The van der Waals surface area contributed by atoms with Crippen LogP contribution in [-0.2, 0) is 22.5 Å². The molecule has 0 saturated carbocycles. The Morgan fingerprint density at radius 1 is 1.52 bits per heavy atom. The number of nitrogens with zero attached hydrogens (tertiary/aromatic N) is 3. The van der Waals surface area contributed by atoms with E-state index in [0.717, 1.165) is 11.4 Å². The van der Waals surface area contributed by atoms with Crippen molar-refractivity contribution < 1.29 is 18.8 Å². The van der Waals surface area contributed by atoms with Crippen molar-refractivity contribution in [3.8, 4) is 0 Å². The van der Waals surface area contributed by atoms with Crippen LogP contribution in [0.15, 0.2) is 16.9 Å². The van der Waals surface area contributed by atoms with Crippen LogP contribution in [0.1, 0.15) is 27.6 Å². The minimum atomic E-state index is -0.713. The van der Waals surface area contributed by atoms with Gasteiger partial charge in [0.05, 0.1) is 31.4 Å². The minimum Gasteiger partial charge on any atom is -0.467 e. The van der Waals surface area contributed by atoms with Crippen LogP contribution < -0.4 is 0 Å². The molecule has 1 aliphatic heterocycles. The Kier molecular flexibility index (Phi) is 3.20. The zero-order chi connectivity index (χ0) is 15.0. The van der Waals surface area contributed by atoms with Gasteiger partial charge in [0.25, 0.3) is 5.91 Å². The molecule has 0 saturated heterocycles. The monoisotopic (exact) mass is 290 g/mol. The number of imidazole rings is 1. The Morgan fingerprint density at radius 2 is 2.33 bits per heavy atom. The second-order valence-corrected chi connectivity index (χ2v) is 4.83. The number of aryl methyl sites for hydroxylation is 1. The number of rotatable bonds is 2. The Balaban J connectivity index is 1.94. The highest BCUT2D eigenvalue weighted by Crippen LogP contribution is 2.23. The second-order valence-electron chi connectivity index (χ2n) is 4.83. The lowest BCUT2D eigenvalue weighted by Gasteiger charge is -2.32. The molecule has 2 aromatic heterocycles. The van der Waals surface area contributed by atoms with Gasteiger partial charge < -0.3 is 19.1 Å². The molecule has 1 atom stereocenters. The average molecular weight is 290 g/mol. The van der Waals surface area contributed by atoms with Crippen LogP contribution in [0.3, 0.4) is 0 Å². The summed E-state index contributed by atoms with van der Waals surface area (Å²) >= 11 is 0. The summed E-state index contributed by atoms with van der Waals surface area (Å²) in [6.45, 7) is 1.95. The van der Waals surface area contributed by atoms with Crippen molar-refractivity contribution in [2.45, 2.75) is 25.9 Å². The molecule has 0 spiro atoms. The van der Waals surface area contributed by atoms with E-state index in [1.54, 1.807) is 19.3 Å². The van der Waals surface area contributed by atoms with Crippen molar-refractivity contribution >= 4 is 11.9 Å². The number of esters is 1. The lowest BCUT2D eigenvalue weighted by molar-refractivity contribution is -0.146. The standard InChI is InChI=1S/C13H14N4O4/c1-7-3-9(16-21-7)12(18)17-5-10-8(14-6-15-10)4-11(17)13(19)20-2/h3,6,11H,4-5H2,1-2H3,(H,14,15). The van der Waals surface area contributed by atoms with Gasteiger partial charge in [0, 0.05) is 12.5 Å². The number of nitrogens with one attached hydrogen (secondary N) is 1. The van der Waals surface area contributed by atoms with Crippen LogP contribution >= 0.6 is 0 Å². The van der Waals surface area contributed by atoms with E-state index < -0.39 is 12.0 Å². The van der Waals surface area contributed by atoms with E-state index in [1.165, 1.54) is 12.0 Å². The highest BCUT2D eigenvalue weighted by molar-refractivity contribution is 5.95. The molecule has 8 heteroatoms. The summed E-state index contributed by atoms with van der Waals surface area (Å²) in [7, 11) is 1.30. The largest absolute Gasteiger partial charge is 0.467 e. The van der Waals surface area contributed by atoms with Crippen LogP contribution in [0.5, 0.6) is 0 Å². The third-order valence-electron chi connectivity index (χ3n) is 3.48. The molecule has 0 aliphatic carbocycles. The predicted molar refractivity (Wildman–Crippen MR) is 69.2 cm³/mol. The number of amides is 1. The van der Waals surface area contributed by atoms with E-state index in [9.17, 15) is 9.59 Å². The molecule has 1 amide bonds. The number of carbonyl (C=O) groups is 2. The van der Waals surface area contributed by atoms with Crippen molar-refractivity contribution in [1.82, 2.24) is 20.0 Å². The molecule has 1 aliphatic rings. The van der Waals surface area contributed by atoms with Gasteiger partial charge in [0.2, 0.25) is 0 Å². The van der Waals surface area contributed by atoms with Gasteiger partial charge in [-0.05, 0) is 6.92 Å². The maximum absolute atomic E-state index is 12.5. The summed E-state index contributed by atoms with van der Waals surface area (Å²) in [5.74, 6) is -0.313. The lowest BCUT2D eigenvalue weighted by Crippen LogP contribution is -2.49. The van der Waals surface area contributed by atoms with E-state index in [4.69, 9.17) is 9.26 Å². The minimum absolute atomic E-state index is 0.171. The molecule has 2 aromatic rings. The number of aromatic amines is 1. The smallest absolute Gasteiger partial charge is 0.329 e. The maximum atomic E-state index is 12.5. The van der Waals surface area contributed by atoms with Gasteiger partial charge in [0.15, 0.2) is 5.69 Å². The van der Waals surface area contributed by atoms with Crippen molar-refractivity contribution in [3.63, 3.8) is 0 Å². The topological polar surface area (TPSA) is 101 Å². The first-order chi connectivity index (χ1) is 10.1. The van der Waals surface area contributed by atoms with Gasteiger partial charge in [-0.25, -0.2) is 9.78 Å². The Hall–Kier alpha value is -2.64. The first kappa shape index (κ1) is 13.3. The van der Waals surface area contributed by atoms with Crippen LogP contribution in [0.4, 0.5) is 0 Å². The number of methoxy groups -OCH3 is 1. The summed E-state index contributed by atoms with van der Waals surface area (Å²) in [6.07, 6.45) is 1.86. The maximum Gasteiger partial charge on any atom is 0.329 e. The number of carbonyl (C=O) groups excluding carboxylic acids is 2. The number of hydrogen-bond donors (Lipinski definition) is 1. The number of fused-ring (bicyclic) bond motifs is 1. The van der Waals surface area contributed by atoms with Gasteiger partial charge in [-0.1, -0.05) is 5.16 Å². The van der Waals surface area contributed by atoms with E-state index in [0.29, 0.717) is 12.2 Å². The number of H-pyrrole nitrogens is 1. The number of aromatic nitrogens is 3. The summed E-state index contributed by atoms with van der Waals surface area (Å²) in [4.78, 5) is 33.0. The molecule has 0 fully saturated rings. The van der Waals surface area contributed by atoms with Gasteiger partial charge >= 0.3 is 5.97 Å². The second kappa shape index (κ2) is 5.04. The summed E-state index contributed by atoms with van der Waals surface area (Å²) in [5, 5.41) is 3.71. The predicted octanol–water partition coefficient (Wildman–Crippen LogP) is 0.446. The molecular weight excluding hydrogens is 276 g/mol. The van der Waals surface area contributed by atoms with Gasteiger partial charge in [-0.2, -0.15) is 0 Å². The summed E-state index contributed by atoms with van der Waals surface area (Å²) in [5.41, 5.74) is 1.75. The molecule has 3 heterocycles. The van der Waals surface area contributed by atoms with Crippen molar-refractivity contribution in [2.24, 2.45) is 0 Å². The molecule has 0 aromatic carbocycles. The van der Waals surface area contributed by atoms with Crippen molar-refractivity contribution in [2.75, 3.05) is 7.11 Å². The van der Waals surface area contributed by atoms with Crippen LogP contribution in [0.2, 0.25) is 0 Å². The highest BCUT2D eigenvalue weighted by Gasteiger charge is 2.37. The molecule has 3 rings (SSSR count). The third kappa shape index (κ3) is 2.28. The summed E-state index contributed by atoms with van der Waals surface area (Å²) in [6, 6.07) is 0.828. The SMILES string of the molecule is COC(=O)C1Cc2nc[nH]c2CN1C(=O)c1cc(C)on1. The molecule has 21 heavy (non-hydrogen) atoms. The van der Waals surface area contributed by atoms with Crippen molar-refractivity contribution in [3.05, 3.63) is 35.2 Å². The fourth-order valence-corrected chi connectivity index (χ4v) is 2.41. The molecule has 110 valence electrons. The third-order valence-corrected chi connectivity index (χ3v) is 3.48. The molecular formula is C13H14N4O4. The first-order valence-corrected chi connectivity index (χ1v) is 6.43. The van der Waals surface area contributed by atoms with E-state index >= 15 is 0 Å². The number of ether oxygens (including phenoxy) is 1. The van der Waals surface area contributed by atoms with E-state index in [2.05, 4.69) is 15.1 Å². The molecule has 1 N–H and O–H groups in total. The Bertz CT molecular complexity index is 690. The normalized spacial score (nSPS) is 17.4. The van der Waals surface area contributed by atoms with Crippen LogP contribution in [0, 0.1) is 6.92 Å². The highest BCUT2D eigenvalue weighted by atomic mass is 16.5. The molecule has 0 bridgehead atoms. The lowest BCUT2D eigenvalue weighted by atomic mass is 10.0. The van der Waals surface area contributed by atoms with Gasteiger partial charge in [0.1, 0.15) is 11.8 Å². The fourth-order valence-electron chi connectivity index (χ4n) is 2.41. The first-order valence-electron chi connectivity index (χ1n) is 6.43. The zero-order valence-corrected chi connectivity index (χ0v) is 11.6. The quantitative estimate of drug-likeness (QED) is 0.806. The average Bonchev–Trinajstić information content (AvgIpc) is 3.12. The van der Waals surface area contributed by atoms with Crippen molar-refractivity contribution in [1.29, 1.82) is 0 Å². The van der Waals surface area contributed by atoms with Gasteiger partial charge in [-0.3, -0.25) is 4.79 Å². The molecule has 8 nitrogen and oxygen atoms in total. The fraction of sp³-hybridized carbons (Fsp3) is 0.385. The van der Waals surface area contributed by atoms with E-state index in [-0.39, 0.29) is 18.1 Å². The Morgan fingerprint density at radius 3 is 3.00 bits per heavy atom. The van der Waals surface area contributed by atoms with Crippen LogP contribution in [0.25, 0.3) is 0 Å². The number of hydrogen-bond acceptors (Lipinski definition) is 6. The molecule has 1 unspecified atom stereocenters. The van der Waals surface area contributed by atoms with Crippen LogP contribution in [-0.4, -0.2) is 45.1 Å².